The van der Waals surface area contributed by atoms with Gasteiger partial charge in [-0.15, -0.1) is 0 Å². The summed E-state index contributed by atoms with van der Waals surface area (Å²) in [5, 5.41) is 9.97. The van der Waals surface area contributed by atoms with Gasteiger partial charge in [0, 0.05) is 6.54 Å². The van der Waals surface area contributed by atoms with Gasteiger partial charge in [0.15, 0.2) is 18.1 Å². The molecule has 1 amide bonds. The molecule has 6 heteroatoms. The van der Waals surface area contributed by atoms with Gasteiger partial charge >= 0.3 is 0 Å². The minimum Gasteiger partial charge on any atom is -0.493 e. The number of aliphatic hydroxyl groups excluding tert-OH is 1. The van der Waals surface area contributed by atoms with Crippen molar-refractivity contribution in [1.29, 1.82) is 0 Å². The van der Waals surface area contributed by atoms with Crippen LogP contribution in [0, 0.1) is 5.82 Å². The molecule has 1 N–H and O–H groups in total. The van der Waals surface area contributed by atoms with Gasteiger partial charge in [-0.1, -0.05) is 24.3 Å². The van der Waals surface area contributed by atoms with Gasteiger partial charge in [0.25, 0.3) is 5.91 Å². The largest absolute Gasteiger partial charge is 0.493 e. The van der Waals surface area contributed by atoms with Crippen LogP contribution in [0.1, 0.15) is 18.0 Å². The second-order valence-corrected chi connectivity index (χ2v) is 5.95. The highest BCUT2D eigenvalue weighted by molar-refractivity contribution is 5.78. The summed E-state index contributed by atoms with van der Waals surface area (Å²) in [7, 11) is 1.53. The molecule has 0 aliphatic carbocycles. The topological polar surface area (TPSA) is 59.0 Å². The number of rotatable bonds is 5. The summed E-state index contributed by atoms with van der Waals surface area (Å²) in [6.45, 7) is 0.0220. The van der Waals surface area contributed by atoms with E-state index in [4.69, 9.17) is 9.47 Å². The van der Waals surface area contributed by atoms with Gasteiger partial charge in [0.2, 0.25) is 0 Å². The highest BCUT2D eigenvalue weighted by Gasteiger charge is 2.35. The number of carbonyl (C=O) groups is 1. The maximum Gasteiger partial charge on any atom is 0.261 e. The monoisotopic (exact) mass is 345 g/mol. The number of nitrogens with zero attached hydrogens (tertiary/aromatic N) is 1. The summed E-state index contributed by atoms with van der Waals surface area (Å²) in [6.07, 6.45) is -0.257. The third-order valence-corrected chi connectivity index (χ3v) is 4.25. The summed E-state index contributed by atoms with van der Waals surface area (Å²) in [5.74, 6) is 0.382. The first kappa shape index (κ1) is 17.2. The first-order chi connectivity index (χ1) is 12.1. The zero-order valence-corrected chi connectivity index (χ0v) is 13.9. The van der Waals surface area contributed by atoms with E-state index in [9.17, 15) is 14.3 Å². The number of hydrogen-bond donors (Lipinski definition) is 1. The van der Waals surface area contributed by atoms with E-state index in [1.54, 1.807) is 30.3 Å². The molecule has 2 atom stereocenters. The summed E-state index contributed by atoms with van der Waals surface area (Å²) in [5.41, 5.74) is 0.669. The molecule has 1 fully saturated rings. The highest BCUT2D eigenvalue weighted by atomic mass is 19.1. The smallest absolute Gasteiger partial charge is 0.261 e. The van der Waals surface area contributed by atoms with Crippen molar-refractivity contribution in [2.45, 2.75) is 18.6 Å². The van der Waals surface area contributed by atoms with Crippen molar-refractivity contribution >= 4 is 5.91 Å². The van der Waals surface area contributed by atoms with Crippen molar-refractivity contribution in [3.8, 4) is 11.5 Å². The fourth-order valence-corrected chi connectivity index (χ4v) is 3.08. The number of likely N-dealkylation sites (tertiary alicyclic amines) is 1. The number of β-amino-alcohol motifs (C(OH)–C–C–N with tert-alkyl or cyclic N) is 1. The van der Waals surface area contributed by atoms with E-state index in [0.29, 0.717) is 23.5 Å². The van der Waals surface area contributed by atoms with Crippen molar-refractivity contribution in [2.75, 3.05) is 20.3 Å². The van der Waals surface area contributed by atoms with E-state index in [-0.39, 0.29) is 30.9 Å². The molecule has 0 radical (unpaired) electrons. The van der Waals surface area contributed by atoms with E-state index in [0.717, 1.165) is 0 Å². The predicted octanol–water partition coefficient (Wildman–Crippen LogP) is 2.55. The van der Waals surface area contributed by atoms with Crippen molar-refractivity contribution in [2.24, 2.45) is 0 Å². The van der Waals surface area contributed by atoms with Crippen LogP contribution in [-0.2, 0) is 4.79 Å². The number of hydrogen-bond acceptors (Lipinski definition) is 4. The van der Waals surface area contributed by atoms with E-state index >= 15 is 0 Å². The zero-order valence-electron chi connectivity index (χ0n) is 13.9. The van der Waals surface area contributed by atoms with Crippen LogP contribution in [-0.4, -0.2) is 42.3 Å². The fraction of sp³-hybridized carbons (Fsp3) is 0.316. The summed E-state index contributed by atoms with van der Waals surface area (Å²) in [6, 6.07) is 12.8. The Bertz CT molecular complexity index is 752. The minimum absolute atomic E-state index is 0.182. The Balaban J connectivity index is 1.71. The van der Waals surface area contributed by atoms with Gasteiger partial charge < -0.3 is 19.5 Å². The molecule has 0 saturated carbocycles. The molecule has 2 aromatic carbocycles. The van der Waals surface area contributed by atoms with Gasteiger partial charge in [0.05, 0.1) is 19.3 Å². The van der Waals surface area contributed by atoms with Crippen LogP contribution in [0.3, 0.4) is 0 Å². The van der Waals surface area contributed by atoms with E-state index in [2.05, 4.69) is 0 Å². The van der Waals surface area contributed by atoms with Crippen molar-refractivity contribution in [3.63, 3.8) is 0 Å². The molecule has 0 bridgehead atoms. The molecule has 2 aromatic rings. The van der Waals surface area contributed by atoms with E-state index in [1.165, 1.54) is 24.1 Å². The first-order valence-electron chi connectivity index (χ1n) is 8.07. The molecule has 3 rings (SSSR count). The lowest BCUT2D eigenvalue weighted by Gasteiger charge is -2.25. The first-order valence-corrected chi connectivity index (χ1v) is 8.07. The Morgan fingerprint density at radius 1 is 1.24 bits per heavy atom. The van der Waals surface area contributed by atoms with Gasteiger partial charge in [-0.25, -0.2) is 4.39 Å². The fourth-order valence-electron chi connectivity index (χ4n) is 3.08. The SMILES string of the molecule is COc1ccccc1OCC(=O)N1CC(O)CC1c1cccc(F)c1. The van der Waals surface area contributed by atoms with Gasteiger partial charge in [-0.05, 0) is 36.2 Å². The van der Waals surface area contributed by atoms with Gasteiger partial charge in [-0.3, -0.25) is 4.79 Å². The third-order valence-electron chi connectivity index (χ3n) is 4.25. The summed E-state index contributed by atoms with van der Waals surface area (Å²) < 4.78 is 24.3. The zero-order chi connectivity index (χ0) is 17.8. The molecule has 0 spiro atoms. The molecule has 1 aliphatic heterocycles. The Kier molecular flexibility index (Phi) is 5.19. The van der Waals surface area contributed by atoms with E-state index < -0.39 is 6.10 Å². The van der Waals surface area contributed by atoms with Crippen LogP contribution in [0.2, 0.25) is 0 Å². The lowest BCUT2D eigenvalue weighted by Crippen LogP contribution is -2.35. The van der Waals surface area contributed by atoms with Crippen LogP contribution < -0.4 is 9.47 Å². The van der Waals surface area contributed by atoms with Gasteiger partial charge in [0.1, 0.15) is 5.82 Å². The van der Waals surface area contributed by atoms with Crippen molar-refractivity contribution in [1.82, 2.24) is 4.90 Å². The number of ether oxygens (including phenoxy) is 2. The molecule has 1 aliphatic rings. The Labute approximate surface area is 145 Å². The number of halogens is 1. The number of aliphatic hydroxyl groups is 1. The maximum atomic E-state index is 13.5. The standard InChI is InChI=1S/C19H20FNO4/c1-24-17-7-2-3-8-18(17)25-12-19(23)21-11-15(22)10-16(21)13-5-4-6-14(20)9-13/h2-9,15-16,22H,10-12H2,1H3. The Hall–Kier alpha value is -2.60. The highest BCUT2D eigenvalue weighted by Crippen LogP contribution is 2.33. The van der Waals surface area contributed by atoms with Crippen molar-refractivity contribution in [3.05, 3.63) is 59.9 Å². The lowest BCUT2D eigenvalue weighted by atomic mass is 10.0. The number of benzene rings is 2. The van der Waals surface area contributed by atoms with Crippen molar-refractivity contribution < 1.29 is 23.8 Å². The van der Waals surface area contributed by atoms with Crippen LogP contribution in [0.5, 0.6) is 11.5 Å². The predicted molar refractivity (Wildman–Crippen MR) is 90.0 cm³/mol. The average Bonchev–Trinajstić information content (AvgIpc) is 3.02. The minimum atomic E-state index is -0.636. The van der Waals surface area contributed by atoms with Crippen LogP contribution in [0.4, 0.5) is 4.39 Å². The molecule has 0 aromatic heterocycles. The molecule has 25 heavy (non-hydrogen) atoms. The number of para-hydroxylation sites is 2. The average molecular weight is 345 g/mol. The van der Waals surface area contributed by atoms with Crippen LogP contribution >= 0.6 is 0 Å². The molecule has 5 nitrogen and oxygen atoms in total. The normalized spacial score (nSPS) is 19.7. The molecular weight excluding hydrogens is 325 g/mol. The molecule has 2 unspecified atom stereocenters. The molecule has 1 heterocycles. The lowest BCUT2D eigenvalue weighted by molar-refractivity contribution is -0.134. The van der Waals surface area contributed by atoms with Gasteiger partial charge in [-0.2, -0.15) is 0 Å². The van der Waals surface area contributed by atoms with Crippen LogP contribution in [0.15, 0.2) is 48.5 Å². The Morgan fingerprint density at radius 2 is 2.00 bits per heavy atom. The second kappa shape index (κ2) is 7.53. The summed E-state index contributed by atoms with van der Waals surface area (Å²) in [4.78, 5) is 14.1. The second-order valence-electron chi connectivity index (χ2n) is 5.95. The molecule has 1 saturated heterocycles. The molecule has 132 valence electrons. The number of carbonyl (C=O) groups excluding carboxylic acids is 1. The molecular formula is C19H20FNO4. The summed E-state index contributed by atoms with van der Waals surface area (Å²) >= 11 is 0. The third kappa shape index (κ3) is 3.91. The van der Waals surface area contributed by atoms with Crippen LogP contribution in [0.25, 0.3) is 0 Å². The number of amides is 1. The number of methoxy groups -OCH3 is 1. The van der Waals surface area contributed by atoms with E-state index in [1.807, 2.05) is 6.07 Å². The maximum absolute atomic E-state index is 13.5. The Morgan fingerprint density at radius 3 is 2.72 bits per heavy atom. The quantitative estimate of drug-likeness (QED) is 0.905.